The van der Waals surface area contributed by atoms with E-state index in [9.17, 15) is 8.42 Å². The van der Waals surface area contributed by atoms with E-state index in [0.717, 1.165) is 19.3 Å². The van der Waals surface area contributed by atoms with Crippen LogP contribution in [0.25, 0.3) is 0 Å². The van der Waals surface area contributed by atoms with E-state index in [2.05, 4.69) is 13.8 Å². The third-order valence-corrected chi connectivity index (χ3v) is 6.48. The number of nitrogens with two attached hydrogens (primary N) is 1. The molecule has 0 amide bonds. The highest BCUT2D eigenvalue weighted by atomic mass is 32.2. The predicted molar refractivity (Wildman–Crippen MR) is 82.0 cm³/mol. The van der Waals surface area contributed by atoms with Crippen molar-refractivity contribution in [1.82, 2.24) is 4.31 Å². The average Bonchev–Trinajstić information content (AvgIpc) is 2.47. The molecule has 21 heavy (non-hydrogen) atoms. The molecule has 1 aliphatic rings. The van der Waals surface area contributed by atoms with Gasteiger partial charge in [0.05, 0.1) is 5.56 Å². The Morgan fingerprint density at radius 3 is 2.52 bits per heavy atom. The highest BCUT2D eigenvalue weighted by molar-refractivity contribution is 7.89. The van der Waals surface area contributed by atoms with Gasteiger partial charge in [-0.2, -0.15) is 9.57 Å². The number of benzene rings is 1. The zero-order valence-corrected chi connectivity index (χ0v) is 13.3. The van der Waals surface area contributed by atoms with E-state index in [1.54, 1.807) is 0 Å². The number of sulfonamides is 1. The maximum Gasteiger partial charge on any atom is 0.244 e. The lowest BCUT2D eigenvalue weighted by Gasteiger charge is -2.38. The van der Waals surface area contributed by atoms with Gasteiger partial charge >= 0.3 is 0 Å². The SMILES string of the molecule is CCC1(C)CCN(S(=O)(=O)c2ccc(N)cc2C#N)CC1. The quantitative estimate of drug-likeness (QED) is 0.868. The van der Waals surface area contributed by atoms with Gasteiger partial charge in [-0.25, -0.2) is 8.42 Å². The van der Waals surface area contributed by atoms with Crippen molar-refractivity contribution in [3.8, 4) is 6.07 Å². The summed E-state index contributed by atoms with van der Waals surface area (Å²) >= 11 is 0. The van der Waals surface area contributed by atoms with E-state index in [1.165, 1.54) is 22.5 Å². The molecule has 1 aromatic rings. The van der Waals surface area contributed by atoms with Crippen LogP contribution in [0.2, 0.25) is 0 Å². The minimum Gasteiger partial charge on any atom is -0.399 e. The van der Waals surface area contributed by atoms with Crippen molar-refractivity contribution in [3.63, 3.8) is 0 Å². The molecule has 1 fully saturated rings. The lowest BCUT2D eigenvalue weighted by molar-refractivity contribution is 0.169. The molecule has 1 saturated heterocycles. The van der Waals surface area contributed by atoms with Crippen LogP contribution in [-0.4, -0.2) is 25.8 Å². The van der Waals surface area contributed by atoms with E-state index in [4.69, 9.17) is 11.0 Å². The van der Waals surface area contributed by atoms with Crippen LogP contribution in [0.1, 0.15) is 38.7 Å². The van der Waals surface area contributed by atoms with Crippen LogP contribution in [0.3, 0.4) is 0 Å². The highest BCUT2D eigenvalue weighted by Crippen LogP contribution is 2.36. The van der Waals surface area contributed by atoms with E-state index in [0.29, 0.717) is 18.8 Å². The van der Waals surface area contributed by atoms with Crippen molar-refractivity contribution in [2.75, 3.05) is 18.8 Å². The molecular formula is C15H21N3O2S. The number of piperidine rings is 1. The summed E-state index contributed by atoms with van der Waals surface area (Å²) in [4.78, 5) is 0.0549. The first kappa shape index (κ1) is 15.8. The summed E-state index contributed by atoms with van der Waals surface area (Å²) in [7, 11) is -3.62. The molecule has 0 aromatic heterocycles. The minimum atomic E-state index is -3.62. The number of hydrogen-bond acceptors (Lipinski definition) is 4. The topological polar surface area (TPSA) is 87.2 Å². The average molecular weight is 307 g/mol. The van der Waals surface area contributed by atoms with Gasteiger partial charge in [-0.1, -0.05) is 20.3 Å². The van der Waals surface area contributed by atoms with Crippen molar-refractivity contribution < 1.29 is 8.42 Å². The Hall–Kier alpha value is -1.58. The van der Waals surface area contributed by atoms with Crippen LogP contribution in [0.5, 0.6) is 0 Å². The van der Waals surface area contributed by atoms with Gasteiger partial charge in [0.1, 0.15) is 11.0 Å². The lowest BCUT2D eigenvalue weighted by Crippen LogP contribution is -2.42. The fraction of sp³-hybridized carbons (Fsp3) is 0.533. The standard InChI is InChI=1S/C15H21N3O2S/c1-3-15(2)6-8-18(9-7-15)21(19,20)14-5-4-13(17)10-12(14)11-16/h4-5,10H,3,6-9,17H2,1-2H3. The first-order chi connectivity index (χ1) is 9.82. The number of nitrogen functional groups attached to an aromatic ring is 1. The Kier molecular flexibility index (Phi) is 4.26. The van der Waals surface area contributed by atoms with Gasteiger partial charge in [0.25, 0.3) is 0 Å². The molecule has 5 nitrogen and oxygen atoms in total. The van der Waals surface area contributed by atoms with Crippen molar-refractivity contribution in [3.05, 3.63) is 23.8 Å². The van der Waals surface area contributed by atoms with Gasteiger partial charge < -0.3 is 5.73 Å². The number of anilines is 1. The van der Waals surface area contributed by atoms with E-state index in [-0.39, 0.29) is 15.9 Å². The van der Waals surface area contributed by atoms with Crippen molar-refractivity contribution in [2.45, 2.75) is 38.0 Å². The Bertz CT molecular complexity index is 669. The monoisotopic (exact) mass is 307 g/mol. The Labute approximate surface area is 126 Å². The maximum atomic E-state index is 12.7. The van der Waals surface area contributed by atoms with E-state index in [1.807, 2.05) is 6.07 Å². The summed E-state index contributed by atoms with van der Waals surface area (Å²) in [6, 6.07) is 6.28. The third-order valence-electron chi connectivity index (χ3n) is 4.52. The summed E-state index contributed by atoms with van der Waals surface area (Å²) < 4.78 is 26.9. The van der Waals surface area contributed by atoms with Crippen LogP contribution >= 0.6 is 0 Å². The number of nitriles is 1. The molecule has 0 atom stereocenters. The fourth-order valence-electron chi connectivity index (χ4n) is 2.62. The van der Waals surface area contributed by atoms with Crippen LogP contribution < -0.4 is 5.73 Å². The summed E-state index contributed by atoms with van der Waals surface area (Å²) in [5.74, 6) is 0. The molecule has 6 heteroatoms. The highest BCUT2D eigenvalue weighted by Gasteiger charge is 2.35. The zero-order chi connectivity index (χ0) is 15.7. The maximum absolute atomic E-state index is 12.7. The summed E-state index contributed by atoms with van der Waals surface area (Å²) in [6.45, 7) is 5.34. The van der Waals surface area contributed by atoms with Gasteiger partial charge in [-0.3, -0.25) is 0 Å². The van der Waals surface area contributed by atoms with Gasteiger partial charge in [0.2, 0.25) is 10.0 Å². The van der Waals surface area contributed by atoms with Crippen LogP contribution in [0, 0.1) is 16.7 Å². The van der Waals surface area contributed by atoms with Gasteiger partial charge in [-0.05, 0) is 36.5 Å². The molecule has 1 heterocycles. The molecule has 0 radical (unpaired) electrons. The molecule has 2 rings (SSSR count). The van der Waals surface area contributed by atoms with Crippen LogP contribution in [-0.2, 0) is 10.0 Å². The molecule has 2 N–H and O–H groups in total. The second-order valence-corrected chi connectivity index (χ2v) is 7.84. The smallest absolute Gasteiger partial charge is 0.244 e. The summed E-state index contributed by atoms with van der Waals surface area (Å²) in [5, 5.41) is 9.14. The number of nitrogens with zero attached hydrogens (tertiary/aromatic N) is 2. The van der Waals surface area contributed by atoms with Crippen molar-refractivity contribution >= 4 is 15.7 Å². The van der Waals surface area contributed by atoms with Crippen LogP contribution in [0.4, 0.5) is 5.69 Å². The van der Waals surface area contributed by atoms with Crippen molar-refractivity contribution in [2.24, 2.45) is 5.41 Å². The molecular weight excluding hydrogens is 286 g/mol. The summed E-state index contributed by atoms with van der Waals surface area (Å²) in [5.41, 5.74) is 6.33. The van der Waals surface area contributed by atoms with E-state index < -0.39 is 10.0 Å². The van der Waals surface area contributed by atoms with Gasteiger partial charge in [0, 0.05) is 18.8 Å². The Balaban J connectivity index is 2.31. The number of hydrogen-bond donors (Lipinski definition) is 1. The molecule has 1 aliphatic heterocycles. The van der Waals surface area contributed by atoms with Crippen LogP contribution in [0.15, 0.2) is 23.1 Å². The number of rotatable bonds is 3. The zero-order valence-electron chi connectivity index (χ0n) is 12.5. The Morgan fingerprint density at radius 2 is 2.00 bits per heavy atom. The minimum absolute atomic E-state index is 0.0549. The lowest BCUT2D eigenvalue weighted by atomic mass is 9.79. The second-order valence-electron chi connectivity index (χ2n) is 5.94. The van der Waals surface area contributed by atoms with E-state index >= 15 is 0 Å². The predicted octanol–water partition coefficient (Wildman–Crippen LogP) is 2.34. The van der Waals surface area contributed by atoms with Gasteiger partial charge in [0.15, 0.2) is 0 Å². The fourth-order valence-corrected chi connectivity index (χ4v) is 4.18. The molecule has 114 valence electrons. The summed E-state index contributed by atoms with van der Waals surface area (Å²) in [6.07, 6.45) is 2.74. The molecule has 1 aromatic carbocycles. The first-order valence-electron chi connectivity index (χ1n) is 7.12. The third kappa shape index (κ3) is 3.04. The molecule has 0 bridgehead atoms. The normalized spacial score (nSPS) is 19.1. The molecule has 0 saturated carbocycles. The molecule has 0 aliphatic carbocycles. The largest absolute Gasteiger partial charge is 0.399 e. The second kappa shape index (κ2) is 5.66. The molecule has 0 spiro atoms. The van der Waals surface area contributed by atoms with Gasteiger partial charge in [-0.15, -0.1) is 0 Å². The Morgan fingerprint density at radius 1 is 1.38 bits per heavy atom. The molecule has 0 unspecified atom stereocenters. The van der Waals surface area contributed by atoms with Crippen molar-refractivity contribution in [1.29, 1.82) is 5.26 Å². The first-order valence-corrected chi connectivity index (χ1v) is 8.56.